The molecule has 19 nitrogen and oxygen atoms in total. The van der Waals surface area contributed by atoms with Crippen LogP contribution < -0.4 is 16.0 Å². The molecule has 2 aliphatic rings. The van der Waals surface area contributed by atoms with Crippen LogP contribution in [0.15, 0.2) is 37.2 Å². The minimum Gasteiger partial charge on any atom is -0.387 e. The molecule has 3 aromatic heterocycles. The Balaban J connectivity index is 1.12. The Morgan fingerprint density at radius 1 is 1.10 bits per heavy atom. The average Bonchev–Trinajstić information content (AvgIpc) is 3.65. The molecule has 3 aromatic rings. The Labute approximate surface area is 236 Å². The van der Waals surface area contributed by atoms with Crippen LogP contribution in [0.1, 0.15) is 35.7 Å². The van der Waals surface area contributed by atoms with Crippen LogP contribution in [-0.4, -0.2) is 83.1 Å². The standard InChI is InChI=1S/C21H27N7O12P2/c22-18-15-20(25-9-24-18)28(10-26-15)14-4-3-12(38-14)7-36-41(32,33)40-42(34,35)37-8-13-16(29)17(30)21(39-13)27-5-1-2-11(6-27)19(23)31/h1-2,5-6,9-10,12-14,16-17,21,29-30H,3-4,7-8H2,(H5-,22,23,24,25,31,32,33,34,35)/p+1/t12-,13+,14+,16?,17?,21+/m0/s1. The highest BCUT2D eigenvalue weighted by molar-refractivity contribution is 7.61. The van der Waals surface area contributed by atoms with E-state index in [2.05, 4.69) is 19.3 Å². The Morgan fingerprint density at radius 2 is 1.83 bits per heavy atom. The number of fused-ring (bicyclic) bond motifs is 1. The molecule has 0 aromatic carbocycles. The number of aromatic nitrogens is 5. The summed E-state index contributed by atoms with van der Waals surface area (Å²) in [4.78, 5) is 43.6. The quantitative estimate of drug-likeness (QED) is 0.110. The number of anilines is 1. The van der Waals surface area contributed by atoms with Crippen LogP contribution in [0.2, 0.25) is 0 Å². The molecule has 2 fully saturated rings. The molecule has 8 N–H and O–H groups in total. The van der Waals surface area contributed by atoms with Gasteiger partial charge in [0.05, 0.1) is 25.6 Å². The molecule has 42 heavy (non-hydrogen) atoms. The van der Waals surface area contributed by atoms with Crippen LogP contribution in [0.25, 0.3) is 11.2 Å². The third-order valence-electron chi connectivity index (χ3n) is 6.55. The molecule has 0 aliphatic carbocycles. The number of hydrogen-bond donors (Lipinski definition) is 6. The van der Waals surface area contributed by atoms with Crippen molar-refractivity contribution in [2.75, 3.05) is 18.9 Å². The Morgan fingerprint density at radius 3 is 2.57 bits per heavy atom. The van der Waals surface area contributed by atoms with Gasteiger partial charge in [0.15, 0.2) is 30.0 Å². The lowest BCUT2D eigenvalue weighted by Crippen LogP contribution is -2.46. The second kappa shape index (κ2) is 12.0. The zero-order valence-electron chi connectivity index (χ0n) is 21.6. The van der Waals surface area contributed by atoms with E-state index < -0.39 is 71.6 Å². The number of hydrogen-bond acceptors (Lipinski definition) is 14. The first kappa shape index (κ1) is 30.5. The van der Waals surface area contributed by atoms with Gasteiger partial charge < -0.3 is 40.9 Å². The highest BCUT2D eigenvalue weighted by Crippen LogP contribution is 2.60. The molecule has 0 radical (unpaired) electrons. The van der Waals surface area contributed by atoms with E-state index in [4.69, 9.17) is 30.0 Å². The van der Waals surface area contributed by atoms with Crippen molar-refractivity contribution >= 4 is 38.5 Å². The first-order valence-corrected chi connectivity index (χ1v) is 15.4. The summed E-state index contributed by atoms with van der Waals surface area (Å²) in [6.07, 6.45) is -0.549. The smallest absolute Gasteiger partial charge is 0.387 e. The topological polar surface area (TPSA) is 278 Å². The molecule has 1 amide bonds. The number of primary amides is 1. The zero-order chi connectivity index (χ0) is 30.2. The van der Waals surface area contributed by atoms with Crippen molar-refractivity contribution in [1.82, 2.24) is 19.5 Å². The summed E-state index contributed by atoms with van der Waals surface area (Å²) in [6.45, 7) is -1.28. The summed E-state index contributed by atoms with van der Waals surface area (Å²) in [6, 6.07) is 2.89. The van der Waals surface area contributed by atoms with Gasteiger partial charge in [-0.1, -0.05) is 0 Å². The van der Waals surface area contributed by atoms with Gasteiger partial charge in [-0.15, -0.1) is 0 Å². The number of aliphatic hydroxyl groups is 2. The van der Waals surface area contributed by atoms with Gasteiger partial charge in [-0.25, -0.2) is 24.1 Å². The predicted octanol–water partition coefficient (Wildman–Crippen LogP) is -0.957. The van der Waals surface area contributed by atoms with Gasteiger partial charge in [-0.3, -0.25) is 18.4 Å². The number of rotatable bonds is 11. The SMILES string of the molecule is NC(=O)c1ccc[n+]([C@@H]2O[C@H](COP(=O)(O)OP(=O)(O)OC[C@@H]3CC[C@H](n4cnc5c(N)ncnc54)O3)C(O)C2O)c1. The number of amides is 1. The third-order valence-corrected chi connectivity index (χ3v) is 9.15. The molecule has 5 rings (SSSR count). The predicted molar refractivity (Wildman–Crippen MR) is 137 cm³/mol. The van der Waals surface area contributed by atoms with Crippen molar-refractivity contribution in [1.29, 1.82) is 0 Å². The fourth-order valence-corrected chi connectivity index (χ4v) is 6.64. The molecular weight excluding hydrogens is 604 g/mol. The highest BCUT2D eigenvalue weighted by atomic mass is 31.3. The molecule has 228 valence electrons. The molecule has 2 aliphatic heterocycles. The summed E-state index contributed by atoms with van der Waals surface area (Å²) in [7, 11) is -10.4. The van der Waals surface area contributed by atoms with Crippen LogP contribution >= 0.6 is 15.6 Å². The normalized spacial score (nSPS) is 29.0. The number of nitrogen functional groups attached to an aromatic ring is 1. The third kappa shape index (κ3) is 6.66. The molecule has 21 heteroatoms. The summed E-state index contributed by atoms with van der Waals surface area (Å²) < 4.78 is 53.0. The summed E-state index contributed by atoms with van der Waals surface area (Å²) in [5.74, 6) is -0.539. The van der Waals surface area contributed by atoms with E-state index in [1.54, 1.807) is 4.57 Å². The maximum atomic E-state index is 12.4. The van der Waals surface area contributed by atoms with Gasteiger partial charge in [0.1, 0.15) is 35.8 Å². The number of carbonyl (C=O) groups is 1. The number of phosphoric acid groups is 2. The second-order valence-corrected chi connectivity index (χ2v) is 12.5. The Hall–Kier alpha value is -2.93. The van der Waals surface area contributed by atoms with Crippen molar-refractivity contribution in [2.24, 2.45) is 5.73 Å². The number of ether oxygens (including phenoxy) is 2. The fourth-order valence-electron chi connectivity index (χ4n) is 4.53. The monoisotopic (exact) mass is 632 g/mol. The van der Waals surface area contributed by atoms with Gasteiger partial charge in [-0.05, 0) is 18.9 Å². The Kier molecular flexibility index (Phi) is 8.71. The minimum absolute atomic E-state index is 0.0999. The molecule has 4 unspecified atom stereocenters. The number of nitrogens with two attached hydrogens (primary N) is 2. The van der Waals surface area contributed by atoms with E-state index in [-0.39, 0.29) is 11.4 Å². The molecule has 0 saturated carbocycles. The van der Waals surface area contributed by atoms with Crippen LogP contribution in [-0.2, 0) is 32.0 Å². The summed E-state index contributed by atoms with van der Waals surface area (Å²) >= 11 is 0. The van der Waals surface area contributed by atoms with E-state index in [9.17, 15) is 33.9 Å². The summed E-state index contributed by atoms with van der Waals surface area (Å²) in [5, 5.41) is 20.7. The lowest BCUT2D eigenvalue weighted by Gasteiger charge is -2.20. The first-order valence-electron chi connectivity index (χ1n) is 12.4. The number of pyridine rings is 1. The molecule has 0 spiro atoms. The molecule has 5 heterocycles. The molecule has 2 saturated heterocycles. The van der Waals surface area contributed by atoms with Gasteiger partial charge in [-0.2, -0.15) is 8.88 Å². The van der Waals surface area contributed by atoms with E-state index in [0.29, 0.717) is 24.0 Å². The van der Waals surface area contributed by atoms with Gasteiger partial charge in [0.2, 0.25) is 0 Å². The first-order chi connectivity index (χ1) is 19.8. The zero-order valence-corrected chi connectivity index (χ0v) is 23.4. The van der Waals surface area contributed by atoms with Crippen molar-refractivity contribution in [3.8, 4) is 0 Å². The van der Waals surface area contributed by atoms with E-state index in [1.165, 1.54) is 41.7 Å². The number of phosphoric ester groups is 2. The van der Waals surface area contributed by atoms with E-state index in [0.717, 1.165) is 0 Å². The van der Waals surface area contributed by atoms with Crippen molar-refractivity contribution < 1.29 is 61.3 Å². The maximum absolute atomic E-state index is 12.4. The van der Waals surface area contributed by atoms with Crippen LogP contribution in [0.3, 0.4) is 0 Å². The molecular formula is C21H28N7O12P2+. The van der Waals surface area contributed by atoms with Crippen LogP contribution in [0.5, 0.6) is 0 Å². The van der Waals surface area contributed by atoms with Crippen molar-refractivity contribution in [2.45, 2.75) is 49.7 Å². The van der Waals surface area contributed by atoms with Crippen LogP contribution in [0, 0.1) is 0 Å². The molecule has 0 bridgehead atoms. The maximum Gasteiger partial charge on any atom is 0.481 e. The number of aliphatic hydroxyl groups excluding tert-OH is 2. The lowest BCUT2D eigenvalue weighted by molar-refractivity contribution is -0.765. The second-order valence-electron chi connectivity index (χ2n) is 9.43. The molecule has 8 atom stereocenters. The largest absolute Gasteiger partial charge is 0.481 e. The lowest BCUT2D eigenvalue weighted by atomic mass is 10.1. The van der Waals surface area contributed by atoms with E-state index >= 15 is 0 Å². The van der Waals surface area contributed by atoms with Crippen molar-refractivity contribution in [3.63, 3.8) is 0 Å². The number of imidazole rings is 1. The van der Waals surface area contributed by atoms with Gasteiger partial charge in [0, 0.05) is 6.07 Å². The summed E-state index contributed by atoms with van der Waals surface area (Å²) in [5.41, 5.74) is 12.0. The van der Waals surface area contributed by atoms with Gasteiger partial charge in [0.25, 0.3) is 12.1 Å². The fraction of sp³-hybridized carbons (Fsp3) is 0.476. The van der Waals surface area contributed by atoms with E-state index in [1.807, 2.05) is 0 Å². The highest BCUT2D eigenvalue weighted by Gasteiger charge is 2.49. The number of nitrogens with zero attached hydrogens (tertiary/aromatic N) is 5. The minimum atomic E-state index is -5.23. The number of carbonyl (C=O) groups excluding carboxylic acids is 1. The average molecular weight is 632 g/mol. The van der Waals surface area contributed by atoms with Crippen molar-refractivity contribution in [3.05, 3.63) is 42.7 Å². The Bertz CT molecular complexity index is 1560. The van der Waals surface area contributed by atoms with Gasteiger partial charge >= 0.3 is 15.6 Å². The van der Waals surface area contributed by atoms with Crippen LogP contribution in [0.4, 0.5) is 5.82 Å².